The molecule has 1 aliphatic rings. The minimum Gasteiger partial charge on any atom is -0.504 e. The molecular formula is C13H18O4. The van der Waals surface area contributed by atoms with Crippen LogP contribution in [0.3, 0.4) is 0 Å². The van der Waals surface area contributed by atoms with E-state index < -0.39 is 0 Å². The Morgan fingerprint density at radius 1 is 1.29 bits per heavy atom. The van der Waals surface area contributed by atoms with Gasteiger partial charge in [-0.2, -0.15) is 0 Å². The van der Waals surface area contributed by atoms with Crippen molar-refractivity contribution in [3.63, 3.8) is 0 Å². The normalized spacial score (nSPS) is 23.7. The van der Waals surface area contributed by atoms with Crippen molar-refractivity contribution in [2.24, 2.45) is 0 Å². The number of rotatable bonds is 3. The second-order valence-electron chi connectivity index (χ2n) is 5.23. The molecule has 2 unspecified atom stereocenters. The van der Waals surface area contributed by atoms with E-state index >= 15 is 0 Å². The third kappa shape index (κ3) is 2.90. The zero-order valence-corrected chi connectivity index (χ0v) is 10.3. The van der Waals surface area contributed by atoms with Crippen molar-refractivity contribution in [1.82, 2.24) is 0 Å². The van der Waals surface area contributed by atoms with Crippen LogP contribution in [0.2, 0.25) is 0 Å². The summed E-state index contributed by atoms with van der Waals surface area (Å²) in [5, 5.41) is 19.1. The van der Waals surface area contributed by atoms with Gasteiger partial charge < -0.3 is 19.7 Å². The number of phenols is 2. The lowest BCUT2D eigenvalue weighted by molar-refractivity contribution is -0.0105. The van der Waals surface area contributed by atoms with Crippen molar-refractivity contribution in [3.05, 3.63) is 23.8 Å². The predicted octanol–water partition coefficient (Wildman–Crippen LogP) is 2.35. The lowest BCUT2D eigenvalue weighted by Crippen LogP contribution is -2.21. The summed E-state index contributed by atoms with van der Waals surface area (Å²) in [4.78, 5) is 0. The van der Waals surface area contributed by atoms with E-state index in [0.29, 0.717) is 12.2 Å². The zero-order valence-electron chi connectivity index (χ0n) is 10.3. The number of ether oxygens (including phenoxy) is 2. The van der Waals surface area contributed by atoms with E-state index in [1.807, 2.05) is 20.8 Å². The molecule has 17 heavy (non-hydrogen) atoms. The molecule has 0 spiro atoms. The Bertz CT molecular complexity index is 408. The monoisotopic (exact) mass is 238 g/mol. The van der Waals surface area contributed by atoms with Crippen LogP contribution in [0.5, 0.6) is 11.5 Å². The fourth-order valence-corrected chi connectivity index (χ4v) is 1.65. The van der Waals surface area contributed by atoms with Crippen molar-refractivity contribution in [3.8, 4) is 11.5 Å². The Kier molecular flexibility index (Phi) is 3.02. The minimum absolute atomic E-state index is 0.0399. The first-order chi connectivity index (χ1) is 7.88. The molecule has 1 heterocycles. The number of hydrogen-bond donors (Lipinski definition) is 2. The van der Waals surface area contributed by atoms with Crippen LogP contribution in [0.15, 0.2) is 18.2 Å². The van der Waals surface area contributed by atoms with Crippen molar-refractivity contribution in [2.45, 2.75) is 38.6 Å². The van der Waals surface area contributed by atoms with Crippen LogP contribution in [0.25, 0.3) is 0 Å². The number of benzene rings is 1. The minimum atomic E-state index is -0.197. The predicted molar refractivity (Wildman–Crippen MR) is 63.1 cm³/mol. The summed E-state index contributed by atoms with van der Waals surface area (Å²) in [6.07, 6.45) is -0.216. The van der Waals surface area contributed by atoms with E-state index in [-0.39, 0.29) is 29.3 Å². The number of epoxide rings is 1. The molecule has 94 valence electrons. The Morgan fingerprint density at radius 2 is 2.00 bits per heavy atom. The van der Waals surface area contributed by atoms with Crippen LogP contribution in [0.4, 0.5) is 0 Å². The second-order valence-corrected chi connectivity index (χ2v) is 5.23. The summed E-state index contributed by atoms with van der Waals surface area (Å²) >= 11 is 0. The number of hydrogen-bond acceptors (Lipinski definition) is 4. The smallest absolute Gasteiger partial charge is 0.163 e. The maximum atomic E-state index is 9.68. The van der Waals surface area contributed by atoms with Crippen molar-refractivity contribution in [1.29, 1.82) is 0 Å². The summed E-state index contributed by atoms with van der Waals surface area (Å²) in [7, 11) is 0. The molecule has 0 radical (unpaired) electrons. The second kappa shape index (κ2) is 4.20. The van der Waals surface area contributed by atoms with Gasteiger partial charge >= 0.3 is 0 Å². The van der Waals surface area contributed by atoms with Gasteiger partial charge in [0.2, 0.25) is 0 Å². The molecule has 0 aliphatic carbocycles. The first-order valence-electron chi connectivity index (χ1n) is 5.69. The third-order valence-electron chi connectivity index (χ3n) is 2.62. The van der Waals surface area contributed by atoms with E-state index in [0.717, 1.165) is 0 Å². The molecule has 0 aromatic heterocycles. The molecule has 2 N–H and O–H groups in total. The lowest BCUT2D eigenvalue weighted by Gasteiger charge is -2.18. The largest absolute Gasteiger partial charge is 0.504 e. The molecule has 4 nitrogen and oxygen atoms in total. The van der Waals surface area contributed by atoms with Gasteiger partial charge in [0.1, 0.15) is 12.2 Å². The summed E-state index contributed by atoms with van der Waals surface area (Å²) in [5.41, 5.74) is 0.421. The zero-order chi connectivity index (χ0) is 12.6. The van der Waals surface area contributed by atoms with E-state index in [1.165, 1.54) is 6.07 Å². The molecule has 2 rings (SSSR count). The topological polar surface area (TPSA) is 62.2 Å². The lowest BCUT2D eigenvalue weighted by atomic mass is 10.1. The van der Waals surface area contributed by atoms with E-state index in [1.54, 1.807) is 12.1 Å². The van der Waals surface area contributed by atoms with Gasteiger partial charge in [-0.1, -0.05) is 12.1 Å². The summed E-state index contributed by atoms with van der Waals surface area (Å²) in [6.45, 7) is 6.44. The Hall–Kier alpha value is -1.26. The average Bonchev–Trinajstić information content (AvgIpc) is 2.97. The first-order valence-corrected chi connectivity index (χ1v) is 5.69. The van der Waals surface area contributed by atoms with Crippen LogP contribution < -0.4 is 0 Å². The standard InChI is InChI=1S/C13H18O4/c1-13(2,3)16-7-10-12(17-10)8-5-4-6-9(14)11(8)15/h4-6,10,12,14-15H,7H2,1-3H3. The van der Waals surface area contributed by atoms with Gasteiger partial charge in [0.05, 0.1) is 12.2 Å². The number of para-hydroxylation sites is 1. The SMILES string of the molecule is CC(C)(C)OCC1OC1c1cccc(O)c1O. The molecule has 1 saturated heterocycles. The highest BCUT2D eigenvalue weighted by molar-refractivity contribution is 5.46. The quantitative estimate of drug-likeness (QED) is 0.626. The molecule has 2 atom stereocenters. The molecule has 1 aliphatic heterocycles. The van der Waals surface area contributed by atoms with Crippen molar-refractivity contribution in [2.75, 3.05) is 6.61 Å². The Balaban J connectivity index is 1.96. The van der Waals surface area contributed by atoms with Gasteiger partial charge in [0, 0.05) is 5.56 Å². The number of phenolic OH excluding ortho intramolecular Hbond substituents is 2. The molecular weight excluding hydrogens is 220 g/mol. The van der Waals surface area contributed by atoms with Crippen LogP contribution in [-0.2, 0) is 9.47 Å². The highest BCUT2D eigenvalue weighted by Crippen LogP contribution is 2.45. The van der Waals surface area contributed by atoms with Gasteiger partial charge in [-0.3, -0.25) is 0 Å². The average molecular weight is 238 g/mol. The van der Waals surface area contributed by atoms with Crippen LogP contribution in [0, 0.1) is 0 Å². The summed E-state index contributed by atoms with van der Waals surface area (Å²) in [5.74, 6) is -0.218. The molecule has 1 fully saturated rings. The van der Waals surface area contributed by atoms with Gasteiger partial charge in [-0.25, -0.2) is 0 Å². The van der Waals surface area contributed by atoms with Gasteiger partial charge in [-0.05, 0) is 26.8 Å². The number of aromatic hydroxyl groups is 2. The highest BCUT2D eigenvalue weighted by atomic mass is 16.6. The van der Waals surface area contributed by atoms with Crippen LogP contribution in [0.1, 0.15) is 32.4 Å². The van der Waals surface area contributed by atoms with E-state index in [9.17, 15) is 10.2 Å². The summed E-state index contributed by atoms with van der Waals surface area (Å²) < 4.78 is 11.0. The first kappa shape index (κ1) is 12.2. The molecule has 4 heteroatoms. The van der Waals surface area contributed by atoms with E-state index in [2.05, 4.69) is 0 Å². The Labute approximate surface area is 101 Å². The fraction of sp³-hybridized carbons (Fsp3) is 0.538. The summed E-state index contributed by atoms with van der Waals surface area (Å²) in [6, 6.07) is 4.88. The van der Waals surface area contributed by atoms with E-state index in [4.69, 9.17) is 9.47 Å². The molecule has 0 bridgehead atoms. The fourth-order valence-electron chi connectivity index (χ4n) is 1.65. The van der Waals surface area contributed by atoms with Crippen LogP contribution >= 0.6 is 0 Å². The molecule has 0 saturated carbocycles. The van der Waals surface area contributed by atoms with Crippen LogP contribution in [-0.4, -0.2) is 28.5 Å². The van der Waals surface area contributed by atoms with Gasteiger partial charge in [0.15, 0.2) is 11.5 Å². The van der Waals surface area contributed by atoms with Gasteiger partial charge in [-0.15, -0.1) is 0 Å². The molecule has 0 amide bonds. The van der Waals surface area contributed by atoms with Gasteiger partial charge in [0.25, 0.3) is 0 Å². The third-order valence-corrected chi connectivity index (χ3v) is 2.62. The molecule has 1 aromatic carbocycles. The van der Waals surface area contributed by atoms with Crippen molar-refractivity contribution >= 4 is 0 Å². The molecule has 1 aromatic rings. The maximum absolute atomic E-state index is 9.68. The maximum Gasteiger partial charge on any atom is 0.163 e. The van der Waals surface area contributed by atoms with Crippen molar-refractivity contribution < 1.29 is 19.7 Å². The Morgan fingerprint density at radius 3 is 2.65 bits per heavy atom. The highest BCUT2D eigenvalue weighted by Gasteiger charge is 2.42.